The third kappa shape index (κ3) is 3.79. The molecule has 0 radical (unpaired) electrons. The molecule has 17 heavy (non-hydrogen) atoms. The van der Waals surface area contributed by atoms with Crippen LogP contribution in [0.4, 0.5) is 0 Å². The standard InChI is InChI=1S/C14H23N3/c1-12-5-3-6-13(16-12)11-17(2)14-7-4-9-15-10-8-14/h3,5-6,14-15H,4,7-11H2,1-2H3. The summed E-state index contributed by atoms with van der Waals surface area (Å²) < 4.78 is 0. The first-order valence-electron chi connectivity index (χ1n) is 6.59. The van der Waals surface area contributed by atoms with Gasteiger partial charge in [0.05, 0.1) is 5.69 Å². The van der Waals surface area contributed by atoms with Gasteiger partial charge in [-0.3, -0.25) is 9.88 Å². The maximum absolute atomic E-state index is 4.57. The molecule has 0 aromatic carbocycles. The third-order valence-corrected chi connectivity index (χ3v) is 3.53. The average molecular weight is 233 g/mol. The summed E-state index contributed by atoms with van der Waals surface area (Å²) in [6, 6.07) is 6.98. The highest BCUT2D eigenvalue weighted by Gasteiger charge is 2.16. The van der Waals surface area contributed by atoms with Crippen LogP contribution in [0.15, 0.2) is 18.2 Å². The average Bonchev–Trinajstić information content (AvgIpc) is 2.57. The number of pyridine rings is 1. The van der Waals surface area contributed by atoms with Gasteiger partial charge in [0, 0.05) is 18.3 Å². The summed E-state index contributed by atoms with van der Waals surface area (Å²) in [6.45, 7) is 5.34. The predicted octanol–water partition coefficient (Wildman–Crippen LogP) is 1.96. The van der Waals surface area contributed by atoms with Crippen LogP contribution in [0.3, 0.4) is 0 Å². The quantitative estimate of drug-likeness (QED) is 0.865. The van der Waals surface area contributed by atoms with Gasteiger partial charge in [0.1, 0.15) is 0 Å². The molecule has 2 heterocycles. The lowest BCUT2D eigenvalue weighted by atomic mass is 10.1. The summed E-state index contributed by atoms with van der Waals surface area (Å²) in [5.74, 6) is 0. The lowest BCUT2D eigenvalue weighted by Gasteiger charge is -2.26. The van der Waals surface area contributed by atoms with Crippen molar-refractivity contribution >= 4 is 0 Å². The Kier molecular flexibility index (Phi) is 4.51. The van der Waals surface area contributed by atoms with Crippen molar-refractivity contribution in [2.24, 2.45) is 0 Å². The molecule has 3 heteroatoms. The van der Waals surface area contributed by atoms with Crippen LogP contribution in [0.1, 0.15) is 30.7 Å². The molecule has 0 saturated carbocycles. The highest BCUT2D eigenvalue weighted by atomic mass is 15.1. The van der Waals surface area contributed by atoms with E-state index < -0.39 is 0 Å². The zero-order chi connectivity index (χ0) is 12.1. The first-order chi connectivity index (χ1) is 8.25. The van der Waals surface area contributed by atoms with Gasteiger partial charge < -0.3 is 5.32 Å². The second kappa shape index (κ2) is 6.12. The highest BCUT2D eigenvalue weighted by molar-refractivity contribution is 5.09. The second-order valence-electron chi connectivity index (χ2n) is 5.02. The van der Waals surface area contributed by atoms with E-state index >= 15 is 0 Å². The number of hydrogen-bond acceptors (Lipinski definition) is 3. The Labute approximate surface area is 104 Å². The van der Waals surface area contributed by atoms with Crippen LogP contribution >= 0.6 is 0 Å². The molecule has 1 atom stereocenters. The van der Waals surface area contributed by atoms with E-state index in [0.717, 1.165) is 18.8 Å². The number of rotatable bonds is 3. The zero-order valence-corrected chi connectivity index (χ0v) is 10.9. The van der Waals surface area contributed by atoms with Crippen molar-refractivity contribution in [1.82, 2.24) is 15.2 Å². The fraction of sp³-hybridized carbons (Fsp3) is 0.643. The predicted molar refractivity (Wildman–Crippen MR) is 70.9 cm³/mol. The van der Waals surface area contributed by atoms with Crippen molar-refractivity contribution < 1.29 is 0 Å². The molecule has 1 fully saturated rings. The van der Waals surface area contributed by atoms with Crippen LogP contribution in [0.5, 0.6) is 0 Å². The molecule has 1 aliphatic heterocycles. The van der Waals surface area contributed by atoms with E-state index in [9.17, 15) is 0 Å². The maximum Gasteiger partial charge on any atom is 0.0547 e. The Balaban J connectivity index is 1.93. The normalized spacial score (nSPS) is 21.5. The van der Waals surface area contributed by atoms with Crippen molar-refractivity contribution in [3.05, 3.63) is 29.6 Å². The van der Waals surface area contributed by atoms with Gasteiger partial charge in [0.15, 0.2) is 0 Å². The summed E-state index contributed by atoms with van der Waals surface area (Å²) in [5, 5.41) is 3.46. The van der Waals surface area contributed by atoms with Gasteiger partial charge in [-0.15, -0.1) is 0 Å². The van der Waals surface area contributed by atoms with Crippen LogP contribution in [0.25, 0.3) is 0 Å². The van der Waals surface area contributed by atoms with Crippen LogP contribution in [0, 0.1) is 6.92 Å². The minimum absolute atomic E-state index is 0.701. The van der Waals surface area contributed by atoms with Crippen molar-refractivity contribution in [3.63, 3.8) is 0 Å². The Hall–Kier alpha value is -0.930. The van der Waals surface area contributed by atoms with Crippen LogP contribution in [0.2, 0.25) is 0 Å². The fourth-order valence-electron chi connectivity index (χ4n) is 2.51. The summed E-state index contributed by atoms with van der Waals surface area (Å²) in [4.78, 5) is 7.03. The molecule has 1 aliphatic rings. The van der Waals surface area contributed by atoms with Crippen LogP contribution in [-0.4, -0.2) is 36.1 Å². The summed E-state index contributed by atoms with van der Waals surface area (Å²) in [5.41, 5.74) is 2.29. The number of hydrogen-bond donors (Lipinski definition) is 1. The lowest BCUT2D eigenvalue weighted by molar-refractivity contribution is 0.214. The van der Waals surface area contributed by atoms with E-state index in [-0.39, 0.29) is 0 Å². The SMILES string of the molecule is Cc1cccc(CN(C)C2CCCNCC2)n1. The Morgan fingerprint density at radius 1 is 1.35 bits per heavy atom. The monoisotopic (exact) mass is 233 g/mol. The Morgan fingerprint density at radius 2 is 2.24 bits per heavy atom. The molecule has 1 N–H and O–H groups in total. The van der Waals surface area contributed by atoms with Crippen molar-refractivity contribution in [2.75, 3.05) is 20.1 Å². The minimum Gasteiger partial charge on any atom is -0.317 e. The first kappa shape index (κ1) is 12.5. The minimum atomic E-state index is 0.701. The highest BCUT2D eigenvalue weighted by Crippen LogP contribution is 2.14. The molecule has 1 unspecified atom stereocenters. The van der Waals surface area contributed by atoms with Gasteiger partial charge in [-0.25, -0.2) is 0 Å². The molecule has 1 aromatic heterocycles. The molecule has 94 valence electrons. The Bertz CT molecular complexity index is 343. The van der Waals surface area contributed by atoms with Gasteiger partial charge in [-0.05, 0) is 58.5 Å². The van der Waals surface area contributed by atoms with E-state index in [4.69, 9.17) is 0 Å². The van der Waals surface area contributed by atoms with Gasteiger partial charge >= 0.3 is 0 Å². The molecule has 0 spiro atoms. The largest absolute Gasteiger partial charge is 0.317 e. The van der Waals surface area contributed by atoms with Gasteiger partial charge in [-0.2, -0.15) is 0 Å². The zero-order valence-electron chi connectivity index (χ0n) is 10.9. The van der Waals surface area contributed by atoms with E-state index in [2.05, 4.69) is 47.4 Å². The molecule has 0 aliphatic carbocycles. The second-order valence-corrected chi connectivity index (χ2v) is 5.02. The summed E-state index contributed by atoms with van der Waals surface area (Å²) in [7, 11) is 2.22. The van der Waals surface area contributed by atoms with E-state index in [1.54, 1.807) is 0 Å². The van der Waals surface area contributed by atoms with Crippen molar-refractivity contribution in [2.45, 2.75) is 38.8 Å². The number of aromatic nitrogens is 1. The summed E-state index contributed by atoms with van der Waals surface area (Å²) >= 11 is 0. The molecule has 2 rings (SSSR count). The first-order valence-corrected chi connectivity index (χ1v) is 6.59. The molecular weight excluding hydrogens is 210 g/mol. The number of aryl methyl sites for hydroxylation is 1. The van der Waals surface area contributed by atoms with E-state index in [1.165, 1.54) is 31.5 Å². The molecule has 0 bridgehead atoms. The molecular formula is C14H23N3. The van der Waals surface area contributed by atoms with Crippen molar-refractivity contribution in [3.8, 4) is 0 Å². The third-order valence-electron chi connectivity index (χ3n) is 3.53. The summed E-state index contributed by atoms with van der Waals surface area (Å²) in [6.07, 6.45) is 3.84. The lowest BCUT2D eigenvalue weighted by Crippen LogP contribution is -2.32. The maximum atomic E-state index is 4.57. The molecule has 1 aromatic rings. The van der Waals surface area contributed by atoms with E-state index in [0.29, 0.717) is 6.04 Å². The topological polar surface area (TPSA) is 28.2 Å². The van der Waals surface area contributed by atoms with E-state index in [1.807, 2.05) is 0 Å². The van der Waals surface area contributed by atoms with Crippen molar-refractivity contribution in [1.29, 1.82) is 0 Å². The fourth-order valence-corrected chi connectivity index (χ4v) is 2.51. The van der Waals surface area contributed by atoms with Gasteiger partial charge in [-0.1, -0.05) is 6.07 Å². The molecule has 3 nitrogen and oxygen atoms in total. The van der Waals surface area contributed by atoms with Crippen LogP contribution in [-0.2, 0) is 6.54 Å². The molecule has 0 amide bonds. The number of nitrogens with zero attached hydrogens (tertiary/aromatic N) is 2. The molecule has 1 saturated heterocycles. The van der Waals surface area contributed by atoms with Gasteiger partial charge in [0.2, 0.25) is 0 Å². The Morgan fingerprint density at radius 3 is 3.06 bits per heavy atom. The smallest absolute Gasteiger partial charge is 0.0547 e. The van der Waals surface area contributed by atoms with Gasteiger partial charge in [0.25, 0.3) is 0 Å². The van der Waals surface area contributed by atoms with Crippen LogP contribution < -0.4 is 5.32 Å². The number of nitrogens with one attached hydrogen (secondary N) is 1.